The number of aromatic nitrogens is 2. The highest BCUT2D eigenvalue weighted by atomic mass is 16.1. The second-order valence-electron chi connectivity index (χ2n) is 6.54. The summed E-state index contributed by atoms with van der Waals surface area (Å²) in [5.74, 6) is 0.243. The fourth-order valence-corrected chi connectivity index (χ4v) is 3.11. The number of rotatable bonds is 8. The number of anilines is 2. The fourth-order valence-electron chi connectivity index (χ4n) is 3.11. The Morgan fingerprint density at radius 3 is 2.32 bits per heavy atom. The van der Waals surface area contributed by atoms with Crippen LogP contribution >= 0.6 is 0 Å². The second-order valence-corrected chi connectivity index (χ2v) is 6.54. The Balaban J connectivity index is 1.67. The molecule has 5 nitrogen and oxygen atoms in total. The van der Waals surface area contributed by atoms with Crippen LogP contribution in [0.1, 0.15) is 41.0 Å². The van der Waals surface area contributed by atoms with Crippen molar-refractivity contribution in [2.45, 2.75) is 33.1 Å². The van der Waals surface area contributed by atoms with Gasteiger partial charge in [-0.15, -0.1) is 0 Å². The smallest absolute Gasteiger partial charge is 0.274 e. The van der Waals surface area contributed by atoms with Crippen molar-refractivity contribution in [3.05, 3.63) is 83.2 Å². The van der Waals surface area contributed by atoms with E-state index in [4.69, 9.17) is 0 Å². The fraction of sp³-hybridized carbons (Fsp3) is 0.261. The third kappa shape index (κ3) is 4.94. The summed E-state index contributed by atoms with van der Waals surface area (Å²) < 4.78 is 0. The van der Waals surface area contributed by atoms with Gasteiger partial charge in [-0.05, 0) is 42.0 Å². The topological polar surface area (TPSA) is 66.9 Å². The zero-order valence-corrected chi connectivity index (χ0v) is 16.4. The molecule has 1 amide bonds. The molecular weight excluding hydrogens is 348 g/mol. The molecule has 0 saturated carbocycles. The van der Waals surface area contributed by atoms with E-state index in [1.807, 2.05) is 36.4 Å². The van der Waals surface area contributed by atoms with Crippen molar-refractivity contribution < 1.29 is 4.79 Å². The maximum Gasteiger partial charge on any atom is 0.274 e. The van der Waals surface area contributed by atoms with E-state index in [2.05, 4.69) is 46.6 Å². The quantitative estimate of drug-likeness (QED) is 0.609. The van der Waals surface area contributed by atoms with Crippen LogP contribution < -0.4 is 10.6 Å². The van der Waals surface area contributed by atoms with Crippen LogP contribution in [0, 0.1) is 0 Å². The number of hydrogen-bond donors (Lipinski definition) is 2. The average molecular weight is 374 g/mol. The van der Waals surface area contributed by atoms with Crippen molar-refractivity contribution in [3.63, 3.8) is 0 Å². The number of hydrogen-bond acceptors (Lipinski definition) is 4. The molecule has 2 aromatic carbocycles. The normalized spacial score (nSPS) is 10.5. The van der Waals surface area contributed by atoms with Crippen LogP contribution in [-0.2, 0) is 19.3 Å². The lowest BCUT2D eigenvalue weighted by atomic mass is 10.0. The molecule has 1 aromatic heterocycles. The van der Waals surface area contributed by atoms with Gasteiger partial charge in [0.25, 0.3) is 5.91 Å². The largest absolute Gasteiger partial charge is 0.354 e. The first kappa shape index (κ1) is 19.5. The predicted octanol–water partition coefficient (Wildman–Crippen LogP) is 4.51. The zero-order valence-electron chi connectivity index (χ0n) is 16.4. The van der Waals surface area contributed by atoms with Crippen molar-refractivity contribution >= 4 is 17.5 Å². The van der Waals surface area contributed by atoms with Crippen LogP contribution in [-0.4, -0.2) is 22.4 Å². The molecule has 0 unspecified atom stereocenters. The Hall–Kier alpha value is -3.21. The van der Waals surface area contributed by atoms with Gasteiger partial charge in [0, 0.05) is 18.4 Å². The molecule has 0 aliphatic carbocycles. The molecule has 0 aliphatic rings. The van der Waals surface area contributed by atoms with Crippen molar-refractivity contribution in [2.24, 2.45) is 0 Å². The molecule has 0 saturated heterocycles. The molecule has 3 aromatic rings. The molecule has 0 atom stereocenters. The van der Waals surface area contributed by atoms with Gasteiger partial charge in [0.05, 0.1) is 0 Å². The molecule has 0 aliphatic heterocycles. The van der Waals surface area contributed by atoms with E-state index in [1.54, 1.807) is 12.3 Å². The molecule has 0 radical (unpaired) electrons. The summed E-state index contributed by atoms with van der Waals surface area (Å²) in [6, 6.07) is 18.0. The van der Waals surface area contributed by atoms with Gasteiger partial charge in [-0.1, -0.05) is 62.4 Å². The van der Waals surface area contributed by atoms with E-state index in [-0.39, 0.29) is 5.91 Å². The van der Waals surface area contributed by atoms with Crippen molar-refractivity contribution in [1.82, 2.24) is 9.97 Å². The minimum absolute atomic E-state index is 0.218. The lowest BCUT2D eigenvalue weighted by Gasteiger charge is -2.14. The van der Waals surface area contributed by atoms with Crippen LogP contribution in [0.15, 0.2) is 60.8 Å². The van der Waals surface area contributed by atoms with E-state index in [1.165, 1.54) is 5.56 Å². The Bertz CT molecular complexity index is 903. The molecule has 0 spiro atoms. The number of nitrogens with one attached hydrogen (secondary N) is 2. The number of carbonyl (C=O) groups excluding carboxylic acids is 1. The highest BCUT2D eigenvalue weighted by molar-refractivity contribution is 6.03. The SMILES string of the molecule is CCc1cccc(CC)c1NC(=O)c1ccnc(NCCc2ccccc2)n1. The number of nitrogens with zero attached hydrogens (tertiary/aromatic N) is 2. The highest BCUT2D eigenvalue weighted by Gasteiger charge is 2.13. The van der Waals surface area contributed by atoms with Crippen LogP contribution in [0.25, 0.3) is 0 Å². The maximum atomic E-state index is 12.8. The number of para-hydroxylation sites is 1. The molecule has 1 heterocycles. The molecule has 144 valence electrons. The minimum Gasteiger partial charge on any atom is -0.354 e. The summed E-state index contributed by atoms with van der Waals surface area (Å²) in [6.45, 7) is 4.88. The predicted molar refractivity (Wildman–Crippen MR) is 114 cm³/mol. The summed E-state index contributed by atoms with van der Waals surface area (Å²) in [6.07, 6.45) is 4.20. The first-order valence-corrected chi connectivity index (χ1v) is 9.74. The first-order valence-electron chi connectivity index (χ1n) is 9.74. The Morgan fingerprint density at radius 2 is 1.64 bits per heavy atom. The number of aryl methyl sites for hydroxylation is 2. The lowest BCUT2D eigenvalue weighted by Crippen LogP contribution is -2.18. The molecule has 3 rings (SSSR count). The minimum atomic E-state index is -0.218. The van der Waals surface area contributed by atoms with Crippen molar-refractivity contribution in [2.75, 3.05) is 17.2 Å². The Labute approximate surface area is 166 Å². The lowest BCUT2D eigenvalue weighted by molar-refractivity contribution is 0.102. The van der Waals surface area contributed by atoms with Crippen LogP contribution in [0.4, 0.5) is 11.6 Å². The summed E-state index contributed by atoms with van der Waals surface area (Å²) in [5, 5.41) is 6.24. The van der Waals surface area contributed by atoms with Crippen LogP contribution in [0.5, 0.6) is 0 Å². The summed E-state index contributed by atoms with van der Waals surface area (Å²) in [5.41, 5.74) is 4.75. The van der Waals surface area contributed by atoms with Gasteiger partial charge in [0.2, 0.25) is 5.95 Å². The number of carbonyl (C=O) groups is 1. The first-order chi connectivity index (χ1) is 13.7. The van der Waals surface area contributed by atoms with Crippen molar-refractivity contribution in [3.8, 4) is 0 Å². The summed E-state index contributed by atoms with van der Waals surface area (Å²) >= 11 is 0. The Morgan fingerprint density at radius 1 is 0.929 bits per heavy atom. The van der Waals surface area contributed by atoms with Gasteiger partial charge >= 0.3 is 0 Å². The standard InChI is InChI=1S/C23H26N4O/c1-3-18-11-8-12-19(4-2)21(18)27-22(28)20-14-16-25-23(26-20)24-15-13-17-9-6-5-7-10-17/h5-12,14,16H,3-4,13,15H2,1-2H3,(H,27,28)(H,24,25,26). The highest BCUT2D eigenvalue weighted by Crippen LogP contribution is 2.23. The Kier molecular flexibility index (Phi) is 6.73. The van der Waals surface area contributed by atoms with Crippen molar-refractivity contribution in [1.29, 1.82) is 0 Å². The third-order valence-corrected chi connectivity index (χ3v) is 4.67. The monoisotopic (exact) mass is 374 g/mol. The average Bonchev–Trinajstić information content (AvgIpc) is 2.75. The molecular formula is C23H26N4O. The molecule has 0 fully saturated rings. The van der Waals surface area contributed by atoms with Crippen LogP contribution in [0.3, 0.4) is 0 Å². The maximum absolute atomic E-state index is 12.8. The molecule has 5 heteroatoms. The molecule has 2 N–H and O–H groups in total. The number of amides is 1. The van der Waals surface area contributed by atoms with E-state index >= 15 is 0 Å². The van der Waals surface area contributed by atoms with Gasteiger partial charge in [-0.3, -0.25) is 4.79 Å². The van der Waals surface area contributed by atoms with E-state index < -0.39 is 0 Å². The molecule has 0 bridgehead atoms. The number of benzene rings is 2. The second kappa shape index (κ2) is 9.65. The summed E-state index contributed by atoms with van der Waals surface area (Å²) in [7, 11) is 0. The zero-order chi connectivity index (χ0) is 19.8. The molecule has 28 heavy (non-hydrogen) atoms. The van der Waals surface area contributed by atoms with Gasteiger partial charge in [0.15, 0.2) is 0 Å². The summed E-state index contributed by atoms with van der Waals surface area (Å²) in [4.78, 5) is 21.4. The van der Waals surface area contributed by atoms with E-state index in [0.29, 0.717) is 18.2 Å². The van der Waals surface area contributed by atoms with Gasteiger partial charge in [-0.25, -0.2) is 9.97 Å². The third-order valence-electron chi connectivity index (χ3n) is 4.67. The van der Waals surface area contributed by atoms with Gasteiger partial charge < -0.3 is 10.6 Å². The van der Waals surface area contributed by atoms with E-state index in [9.17, 15) is 4.79 Å². The van der Waals surface area contributed by atoms with Crippen LogP contribution in [0.2, 0.25) is 0 Å². The van der Waals surface area contributed by atoms with E-state index in [0.717, 1.165) is 36.1 Å². The van der Waals surface area contributed by atoms with Gasteiger partial charge in [0.1, 0.15) is 5.69 Å². The van der Waals surface area contributed by atoms with Gasteiger partial charge in [-0.2, -0.15) is 0 Å².